The number of piperidine rings is 2. The average Bonchev–Trinajstić information content (AvgIpc) is 2.83. The van der Waals surface area contributed by atoms with Crippen molar-refractivity contribution in [1.29, 1.82) is 0 Å². The van der Waals surface area contributed by atoms with Crippen molar-refractivity contribution >= 4 is 40.9 Å². The van der Waals surface area contributed by atoms with Crippen LogP contribution < -0.4 is 0 Å². The zero-order valence-corrected chi connectivity index (χ0v) is 25.8. The highest BCUT2D eigenvalue weighted by Crippen LogP contribution is 2.13. The summed E-state index contributed by atoms with van der Waals surface area (Å²) in [6.07, 6.45) is 15.5. The maximum Gasteiger partial charge on any atom is 0.143 e. The van der Waals surface area contributed by atoms with Gasteiger partial charge in [0.25, 0.3) is 0 Å². The Balaban J connectivity index is -0.000000195. The Morgan fingerprint density at radius 3 is 1.11 bits per heavy atom. The van der Waals surface area contributed by atoms with Gasteiger partial charge in [-0.15, -0.1) is 0 Å². The van der Waals surface area contributed by atoms with Crippen LogP contribution in [0.3, 0.4) is 0 Å². The van der Waals surface area contributed by atoms with E-state index in [1.807, 2.05) is 24.9 Å². The zero-order chi connectivity index (χ0) is 27.1. The van der Waals surface area contributed by atoms with Crippen molar-refractivity contribution in [3.05, 3.63) is 0 Å². The molecule has 2 aliphatic heterocycles. The SMILES string of the molecule is C.C.CC(=O)CN1CCCCC1.CC(=O)CN1CCCCC1.CCC(CC)SC.CCC(SC)C(C)=O. The number of carbonyl (C=O) groups is 3. The van der Waals surface area contributed by atoms with Gasteiger partial charge in [-0.3, -0.25) is 24.2 Å². The van der Waals surface area contributed by atoms with Gasteiger partial charge in [-0.2, -0.15) is 23.5 Å². The standard InChI is InChI=1S/2C8H15NO.C6H12OS.C6H14S.2CH4/c2*1-8(10)7-9-5-3-2-4-6-9;1-4-6(8-3)5(2)7;1-4-6(5-2)7-3;;/h2*2-7H2,1H3;6H,4H2,1-3H3;6H,4-5H2,1-3H3;2*1H4. The van der Waals surface area contributed by atoms with Crippen LogP contribution in [0.25, 0.3) is 0 Å². The highest BCUT2D eigenvalue weighted by molar-refractivity contribution is 8.00. The summed E-state index contributed by atoms with van der Waals surface area (Å²) in [5, 5.41) is 1.13. The van der Waals surface area contributed by atoms with E-state index in [2.05, 4.69) is 29.9 Å². The summed E-state index contributed by atoms with van der Waals surface area (Å²) < 4.78 is 0. The van der Waals surface area contributed by atoms with Gasteiger partial charge in [-0.1, -0.05) is 48.5 Å². The van der Waals surface area contributed by atoms with E-state index in [9.17, 15) is 14.4 Å². The molecule has 0 radical (unpaired) electrons. The number of likely N-dealkylation sites (tertiary alicyclic amines) is 2. The molecule has 37 heavy (non-hydrogen) atoms. The molecule has 0 spiro atoms. The molecule has 2 rings (SSSR count). The minimum absolute atomic E-state index is 0. The maximum atomic E-state index is 10.7. The molecule has 1 atom stereocenters. The highest BCUT2D eigenvalue weighted by Gasteiger charge is 2.11. The summed E-state index contributed by atoms with van der Waals surface area (Å²) in [6.45, 7) is 17.3. The van der Waals surface area contributed by atoms with Crippen LogP contribution in [0.15, 0.2) is 0 Å². The molecular weight excluding hydrogens is 500 g/mol. The minimum atomic E-state index is 0. The average molecular weight is 565 g/mol. The Labute approximate surface area is 241 Å². The van der Waals surface area contributed by atoms with Crippen molar-refractivity contribution in [1.82, 2.24) is 9.80 Å². The van der Waals surface area contributed by atoms with Gasteiger partial charge in [0.05, 0.1) is 18.3 Å². The van der Waals surface area contributed by atoms with E-state index in [0.717, 1.165) is 37.8 Å². The third-order valence-corrected chi connectivity index (χ3v) is 8.71. The van der Waals surface area contributed by atoms with E-state index in [1.54, 1.807) is 32.5 Å². The Hall–Kier alpha value is -0.370. The van der Waals surface area contributed by atoms with Crippen LogP contribution in [0.4, 0.5) is 0 Å². The third-order valence-electron chi connectivity index (χ3n) is 6.14. The van der Waals surface area contributed by atoms with E-state index in [0.29, 0.717) is 30.4 Å². The number of hydrogen-bond donors (Lipinski definition) is 0. The van der Waals surface area contributed by atoms with Crippen LogP contribution >= 0.6 is 23.5 Å². The molecule has 0 saturated carbocycles. The molecule has 0 aliphatic carbocycles. The van der Waals surface area contributed by atoms with Gasteiger partial charge in [0.15, 0.2) is 0 Å². The second-order valence-corrected chi connectivity index (χ2v) is 11.7. The second-order valence-electron chi connectivity index (χ2n) is 9.50. The van der Waals surface area contributed by atoms with Gasteiger partial charge >= 0.3 is 0 Å². The van der Waals surface area contributed by atoms with Gasteiger partial charge in [0.2, 0.25) is 0 Å². The lowest BCUT2D eigenvalue weighted by atomic mass is 10.1. The zero-order valence-electron chi connectivity index (χ0n) is 24.2. The summed E-state index contributed by atoms with van der Waals surface area (Å²) in [7, 11) is 0. The van der Waals surface area contributed by atoms with E-state index in [-0.39, 0.29) is 20.1 Å². The van der Waals surface area contributed by atoms with Crippen LogP contribution in [0.2, 0.25) is 0 Å². The first-order chi connectivity index (χ1) is 16.6. The molecule has 0 aromatic heterocycles. The van der Waals surface area contributed by atoms with Crippen LogP contribution in [0.5, 0.6) is 0 Å². The third kappa shape index (κ3) is 28.5. The van der Waals surface area contributed by atoms with Gasteiger partial charge < -0.3 is 0 Å². The first-order valence-electron chi connectivity index (χ1n) is 13.6. The second kappa shape index (κ2) is 30.2. The maximum absolute atomic E-state index is 10.7. The molecule has 2 saturated heterocycles. The van der Waals surface area contributed by atoms with E-state index >= 15 is 0 Å². The topological polar surface area (TPSA) is 57.7 Å². The monoisotopic (exact) mass is 564 g/mol. The Kier molecular flexibility index (Phi) is 35.6. The number of ketones is 3. The molecule has 0 amide bonds. The smallest absolute Gasteiger partial charge is 0.143 e. The largest absolute Gasteiger partial charge is 0.299 e. The van der Waals surface area contributed by atoms with Crippen LogP contribution in [0, 0.1) is 0 Å². The van der Waals surface area contributed by atoms with Crippen molar-refractivity contribution in [3.8, 4) is 0 Å². The van der Waals surface area contributed by atoms with Crippen molar-refractivity contribution in [3.63, 3.8) is 0 Å². The van der Waals surface area contributed by atoms with Crippen molar-refractivity contribution < 1.29 is 14.4 Å². The predicted octanol–water partition coefficient (Wildman–Crippen LogP) is 7.65. The normalized spacial score (nSPS) is 16.1. The van der Waals surface area contributed by atoms with Crippen molar-refractivity contribution in [2.24, 2.45) is 0 Å². The number of thioether (sulfide) groups is 2. The molecule has 2 aliphatic rings. The number of hydrogen-bond acceptors (Lipinski definition) is 7. The summed E-state index contributed by atoms with van der Waals surface area (Å²) in [6, 6.07) is 0. The molecule has 7 heteroatoms. The number of Topliss-reactive ketones (excluding diaryl/α,β-unsaturated/α-hetero) is 3. The number of nitrogens with zero attached hydrogens (tertiary/aromatic N) is 2. The van der Waals surface area contributed by atoms with Crippen molar-refractivity contribution in [2.75, 3.05) is 51.8 Å². The number of carbonyl (C=O) groups excluding carboxylic acids is 3. The van der Waals surface area contributed by atoms with Crippen LogP contribution in [-0.2, 0) is 14.4 Å². The molecular formula is C30H64N2O3S2. The quantitative estimate of drug-likeness (QED) is 0.270. The molecule has 0 bridgehead atoms. The first kappa shape index (κ1) is 43.7. The lowest BCUT2D eigenvalue weighted by Crippen LogP contribution is -2.33. The molecule has 0 aromatic carbocycles. The molecule has 224 valence electrons. The lowest BCUT2D eigenvalue weighted by molar-refractivity contribution is -0.119. The predicted molar refractivity (Wildman–Crippen MR) is 172 cm³/mol. The summed E-state index contributed by atoms with van der Waals surface area (Å²) in [5.41, 5.74) is 0. The fraction of sp³-hybridized carbons (Fsp3) is 0.900. The minimum Gasteiger partial charge on any atom is -0.299 e. The summed E-state index contributed by atoms with van der Waals surface area (Å²) >= 11 is 3.60. The summed E-state index contributed by atoms with van der Waals surface area (Å²) in [4.78, 5) is 36.4. The molecule has 0 N–H and O–H groups in total. The Morgan fingerprint density at radius 2 is 0.973 bits per heavy atom. The molecule has 2 heterocycles. The Bertz CT molecular complexity index is 491. The fourth-order valence-electron chi connectivity index (χ4n) is 4.11. The van der Waals surface area contributed by atoms with Gasteiger partial charge in [-0.05, 0) is 104 Å². The lowest BCUT2D eigenvalue weighted by Gasteiger charge is -2.24. The first-order valence-corrected chi connectivity index (χ1v) is 16.2. The highest BCUT2D eigenvalue weighted by atomic mass is 32.2. The van der Waals surface area contributed by atoms with Crippen LogP contribution in [0.1, 0.15) is 114 Å². The summed E-state index contributed by atoms with van der Waals surface area (Å²) in [5.74, 6) is 0.879. The number of rotatable bonds is 10. The molecule has 5 nitrogen and oxygen atoms in total. The van der Waals surface area contributed by atoms with Gasteiger partial charge in [-0.25, -0.2) is 0 Å². The molecule has 2 fully saturated rings. The van der Waals surface area contributed by atoms with Gasteiger partial charge in [0, 0.05) is 5.25 Å². The van der Waals surface area contributed by atoms with Gasteiger partial charge in [0.1, 0.15) is 17.3 Å². The molecule has 0 aromatic rings. The Morgan fingerprint density at radius 1 is 0.622 bits per heavy atom. The fourth-order valence-corrected chi connectivity index (χ4v) is 5.44. The van der Waals surface area contributed by atoms with Crippen LogP contribution in [-0.4, -0.2) is 89.4 Å². The van der Waals surface area contributed by atoms with E-state index in [4.69, 9.17) is 0 Å². The van der Waals surface area contributed by atoms with Crippen molar-refractivity contribution in [2.45, 2.75) is 125 Å². The van der Waals surface area contributed by atoms with E-state index in [1.165, 1.54) is 51.4 Å². The molecule has 1 unspecified atom stereocenters. The van der Waals surface area contributed by atoms with E-state index < -0.39 is 0 Å².